The lowest BCUT2D eigenvalue weighted by Crippen LogP contribution is -2.23. The van der Waals surface area contributed by atoms with Crippen molar-refractivity contribution >= 4 is 0 Å². The Hall–Kier alpha value is -1.22. The van der Waals surface area contributed by atoms with Crippen LogP contribution < -0.4 is 5.32 Å². The van der Waals surface area contributed by atoms with Gasteiger partial charge in [0.05, 0.1) is 6.61 Å². The SMILES string of the molecule is CCCNC(C1=CCCO1)c1ccc(C)o1. The molecule has 1 unspecified atom stereocenters. The molecule has 0 spiro atoms. The quantitative estimate of drug-likeness (QED) is 0.830. The Morgan fingerprint density at radius 2 is 2.31 bits per heavy atom. The van der Waals surface area contributed by atoms with Gasteiger partial charge >= 0.3 is 0 Å². The zero-order valence-electron chi connectivity index (χ0n) is 9.95. The Bertz CT molecular complexity index is 368. The molecule has 0 saturated carbocycles. The first-order chi connectivity index (χ1) is 7.81. The lowest BCUT2D eigenvalue weighted by Gasteiger charge is -2.17. The summed E-state index contributed by atoms with van der Waals surface area (Å²) in [6, 6.07) is 4.09. The van der Waals surface area contributed by atoms with Gasteiger partial charge in [-0.05, 0) is 38.1 Å². The highest BCUT2D eigenvalue weighted by atomic mass is 16.5. The first kappa shape index (κ1) is 11.3. The van der Waals surface area contributed by atoms with Gasteiger partial charge in [-0.1, -0.05) is 6.92 Å². The molecular weight excluding hydrogens is 202 g/mol. The van der Waals surface area contributed by atoms with E-state index in [9.17, 15) is 0 Å². The zero-order valence-corrected chi connectivity index (χ0v) is 9.95. The van der Waals surface area contributed by atoms with E-state index < -0.39 is 0 Å². The van der Waals surface area contributed by atoms with Crippen LogP contribution in [0.4, 0.5) is 0 Å². The van der Waals surface area contributed by atoms with Gasteiger partial charge in [0, 0.05) is 6.42 Å². The first-order valence-electron chi connectivity index (χ1n) is 5.94. The standard InChI is InChI=1S/C13H19NO2/c1-3-8-14-13(11-5-4-9-15-11)12-7-6-10(2)16-12/h5-7,13-14H,3-4,8-9H2,1-2H3. The Balaban J connectivity index is 2.13. The molecule has 1 aromatic rings. The first-order valence-corrected chi connectivity index (χ1v) is 5.94. The monoisotopic (exact) mass is 221 g/mol. The van der Waals surface area contributed by atoms with Gasteiger partial charge in [0.15, 0.2) is 0 Å². The van der Waals surface area contributed by atoms with Crippen molar-refractivity contribution < 1.29 is 9.15 Å². The zero-order chi connectivity index (χ0) is 11.4. The molecule has 16 heavy (non-hydrogen) atoms. The van der Waals surface area contributed by atoms with E-state index in [1.165, 1.54) is 0 Å². The molecule has 0 aromatic carbocycles. The Morgan fingerprint density at radius 3 is 2.88 bits per heavy atom. The van der Waals surface area contributed by atoms with Gasteiger partial charge in [-0.25, -0.2) is 0 Å². The molecule has 0 fully saturated rings. The van der Waals surface area contributed by atoms with Crippen LogP contribution in [0.2, 0.25) is 0 Å². The highest BCUT2D eigenvalue weighted by Crippen LogP contribution is 2.27. The summed E-state index contributed by atoms with van der Waals surface area (Å²) < 4.78 is 11.3. The van der Waals surface area contributed by atoms with Crippen LogP contribution in [0.1, 0.15) is 37.3 Å². The molecule has 2 heterocycles. The molecule has 2 rings (SSSR count). The van der Waals surface area contributed by atoms with Crippen molar-refractivity contribution in [2.24, 2.45) is 0 Å². The third kappa shape index (κ3) is 2.47. The third-order valence-corrected chi connectivity index (χ3v) is 2.66. The van der Waals surface area contributed by atoms with Gasteiger partial charge in [0.2, 0.25) is 0 Å². The van der Waals surface area contributed by atoms with Crippen molar-refractivity contribution in [3.05, 3.63) is 35.5 Å². The second-order valence-corrected chi connectivity index (χ2v) is 4.08. The molecule has 3 nitrogen and oxygen atoms in total. The summed E-state index contributed by atoms with van der Waals surface area (Å²) >= 11 is 0. The summed E-state index contributed by atoms with van der Waals surface area (Å²) in [7, 11) is 0. The molecule has 1 aliphatic rings. The molecular formula is C13H19NO2. The third-order valence-electron chi connectivity index (χ3n) is 2.66. The fourth-order valence-electron chi connectivity index (χ4n) is 1.88. The van der Waals surface area contributed by atoms with Gasteiger partial charge in [0.25, 0.3) is 0 Å². The number of furan rings is 1. The normalized spacial score (nSPS) is 17.0. The van der Waals surface area contributed by atoms with E-state index in [-0.39, 0.29) is 6.04 Å². The van der Waals surface area contributed by atoms with Gasteiger partial charge in [0.1, 0.15) is 23.3 Å². The summed E-state index contributed by atoms with van der Waals surface area (Å²) in [5.41, 5.74) is 0. The van der Waals surface area contributed by atoms with Crippen molar-refractivity contribution in [3.8, 4) is 0 Å². The van der Waals surface area contributed by atoms with E-state index in [1.807, 2.05) is 19.1 Å². The molecule has 0 bridgehead atoms. The lowest BCUT2D eigenvalue weighted by atomic mass is 10.1. The summed E-state index contributed by atoms with van der Waals surface area (Å²) in [6.45, 7) is 5.87. The Morgan fingerprint density at radius 1 is 1.44 bits per heavy atom. The van der Waals surface area contributed by atoms with Crippen molar-refractivity contribution in [2.45, 2.75) is 32.7 Å². The Labute approximate surface area is 96.5 Å². The number of rotatable bonds is 5. The molecule has 0 radical (unpaired) electrons. The molecule has 1 aromatic heterocycles. The second-order valence-electron chi connectivity index (χ2n) is 4.08. The van der Waals surface area contributed by atoms with E-state index in [4.69, 9.17) is 9.15 Å². The Kier molecular flexibility index (Phi) is 3.67. The maximum atomic E-state index is 5.67. The maximum Gasteiger partial charge on any atom is 0.128 e. The minimum Gasteiger partial charge on any atom is -0.496 e. The van der Waals surface area contributed by atoms with Crippen LogP contribution in [0.5, 0.6) is 0 Å². The van der Waals surface area contributed by atoms with Crippen LogP contribution in [0.3, 0.4) is 0 Å². The van der Waals surface area contributed by atoms with Crippen molar-refractivity contribution in [2.75, 3.05) is 13.2 Å². The average molecular weight is 221 g/mol. The van der Waals surface area contributed by atoms with Crippen LogP contribution in [-0.4, -0.2) is 13.2 Å². The molecule has 0 amide bonds. The summed E-state index contributed by atoms with van der Waals surface area (Å²) in [6.07, 6.45) is 4.24. The molecule has 1 N–H and O–H groups in total. The number of ether oxygens (including phenoxy) is 1. The van der Waals surface area contributed by atoms with Crippen molar-refractivity contribution in [1.29, 1.82) is 0 Å². The molecule has 1 atom stereocenters. The lowest BCUT2D eigenvalue weighted by molar-refractivity contribution is 0.207. The summed E-state index contributed by atoms with van der Waals surface area (Å²) in [4.78, 5) is 0. The van der Waals surface area contributed by atoms with Gasteiger partial charge < -0.3 is 14.5 Å². The van der Waals surface area contributed by atoms with Crippen LogP contribution in [-0.2, 0) is 4.74 Å². The maximum absolute atomic E-state index is 5.67. The molecule has 0 saturated heterocycles. The number of hydrogen-bond acceptors (Lipinski definition) is 3. The van der Waals surface area contributed by atoms with Gasteiger partial charge in [-0.3, -0.25) is 0 Å². The van der Waals surface area contributed by atoms with E-state index in [1.54, 1.807) is 0 Å². The molecule has 1 aliphatic heterocycles. The number of nitrogens with one attached hydrogen (secondary N) is 1. The molecule has 3 heteroatoms. The predicted molar refractivity (Wildman–Crippen MR) is 63.1 cm³/mol. The largest absolute Gasteiger partial charge is 0.496 e. The second kappa shape index (κ2) is 5.21. The highest BCUT2D eigenvalue weighted by Gasteiger charge is 2.22. The van der Waals surface area contributed by atoms with Crippen LogP contribution in [0.25, 0.3) is 0 Å². The summed E-state index contributed by atoms with van der Waals surface area (Å²) in [5.74, 6) is 2.89. The molecule has 88 valence electrons. The number of hydrogen-bond donors (Lipinski definition) is 1. The average Bonchev–Trinajstić information content (AvgIpc) is 2.91. The highest BCUT2D eigenvalue weighted by molar-refractivity contribution is 5.20. The van der Waals surface area contributed by atoms with Gasteiger partial charge in [-0.2, -0.15) is 0 Å². The van der Waals surface area contributed by atoms with Crippen LogP contribution in [0.15, 0.2) is 28.4 Å². The van der Waals surface area contributed by atoms with Crippen molar-refractivity contribution in [3.63, 3.8) is 0 Å². The van der Waals surface area contributed by atoms with E-state index >= 15 is 0 Å². The molecule has 0 aliphatic carbocycles. The summed E-state index contributed by atoms with van der Waals surface area (Å²) in [5, 5.41) is 3.45. The van der Waals surface area contributed by atoms with Crippen molar-refractivity contribution in [1.82, 2.24) is 5.32 Å². The van der Waals surface area contributed by atoms with E-state index in [0.29, 0.717) is 0 Å². The minimum absolute atomic E-state index is 0.0798. The van der Waals surface area contributed by atoms with E-state index in [2.05, 4.69) is 18.3 Å². The van der Waals surface area contributed by atoms with Gasteiger partial charge in [-0.15, -0.1) is 0 Å². The topological polar surface area (TPSA) is 34.4 Å². The number of aryl methyl sites for hydroxylation is 1. The van der Waals surface area contributed by atoms with E-state index in [0.717, 1.165) is 43.3 Å². The van der Waals surface area contributed by atoms with Crippen LogP contribution in [0, 0.1) is 6.92 Å². The fraction of sp³-hybridized carbons (Fsp3) is 0.538. The smallest absolute Gasteiger partial charge is 0.128 e. The minimum atomic E-state index is 0.0798. The fourth-order valence-corrected chi connectivity index (χ4v) is 1.88. The predicted octanol–water partition coefficient (Wildman–Crippen LogP) is 2.93. The van der Waals surface area contributed by atoms with Crippen LogP contribution >= 0.6 is 0 Å².